The van der Waals surface area contributed by atoms with Gasteiger partial charge in [-0.15, -0.1) is 0 Å². The highest BCUT2D eigenvalue weighted by Gasteiger charge is 2.23. The summed E-state index contributed by atoms with van der Waals surface area (Å²) in [6.45, 7) is 1.96. The van der Waals surface area contributed by atoms with Crippen LogP contribution in [-0.4, -0.2) is 41.9 Å². The quantitative estimate of drug-likeness (QED) is 0.688. The summed E-state index contributed by atoms with van der Waals surface area (Å²) in [5.41, 5.74) is 2.68. The van der Waals surface area contributed by atoms with Gasteiger partial charge < -0.3 is 20.9 Å². The maximum absolute atomic E-state index is 12.5. The Morgan fingerprint density at radius 1 is 0.933 bits per heavy atom. The van der Waals surface area contributed by atoms with Gasteiger partial charge in [0.25, 0.3) is 11.8 Å². The lowest BCUT2D eigenvalue weighted by Gasteiger charge is -2.15. The smallest absolute Gasteiger partial charge is 0.319 e. The monoisotopic (exact) mass is 406 g/mol. The summed E-state index contributed by atoms with van der Waals surface area (Å²) in [5.74, 6) is -0.158. The van der Waals surface area contributed by atoms with E-state index < -0.39 is 0 Å². The Balaban J connectivity index is 1.30. The van der Waals surface area contributed by atoms with E-state index in [2.05, 4.69) is 16.0 Å². The van der Waals surface area contributed by atoms with Crippen LogP contribution in [0.1, 0.15) is 52.0 Å². The number of amides is 4. The van der Waals surface area contributed by atoms with E-state index in [0.717, 1.165) is 44.3 Å². The van der Waals surface area contributed by atoms with Crippen LogP contribution >= 0.6 is 0 Å². The molecular formula is C23H26N4O3. The number of nitrogens with zero attached hydrogens (tertiary/aromatic N) is 1. The van der Waals surface area contributed by atoms with Gasteiger partial charge in [-0.3, -0.25) is 9.59 Å². The molecule has 1 aliphatic carbocycles. The number of benzene rings is 2. The molecule has 0 atom stereocenters. The molecule has 2 fully saturated rings. The second-order valence-electron chi connectivity index (χ2n) is 7.83. The van der Waals surface area contributed by atoms with E-state index in [-0.39, 0.29) is 17.8 Å². The van der Waals surface area contributed by atoms with E-state index in [9.17, 15) is 14.4 Å². The Hall–Kier alpha value is -3.35. The fourth-order valence-electron chi connectivity index (χ4n) is 3.49. The fraction of sp³-hybridized carbons (Fsp3) is 0.348. The molecule has 4 rings (SSSR count). The molecule has 1 heterocycles. The predicted octanol–water partition coefficient (Wildman–Crippen LogP) is 3.14. The summed E-state index contributed by atoms with van der Waals surface area (Å²) in [4.78, 5) is 38.6. The molecule has 1 aliphatic heterocycles. The highest BCUT2D eigenvalue weighted by atomic mass is 16.2. The van der Waals surface area contributed by atoms with Crippen molar-refractivity contribution in [3.05, 3.63) is 65.2 Å². The standard InChI is InChI=1S/C23H26N4O3/c28-21(17-6-8-19(9-7-17)25-23(30)26-20-10-11-20)24-15-16-4-3-5-18(14-16)22(29)27-12-1-2-13-27/h3-9,14,20H,1-2,10-13,15H2,(H,24,28)(H2,25,26,30). The van der Waals surface area contributed by atoms with Crippen molar-refractivity contribution in [2.45, 2.75) is 38.3 Å². The average molecular weight is 406 g/mol. The average Bonchev–Trinajstić information content (AvgIpc) is 3.39. The summed E-state index contributed by atoms with van der Waals surface area (Å²) in [7, 11) is 0. The molecule has 0 unspecified atom stereocenters. The summed E-state index contributed by atoms with van der Waals surface area (Å²) in [6, 6.07) is 14.2. The minimum atomic E-state index is -0.224. The Morgan fingerprint density at radius 3 is 2.37 bits per heavy atom. The van der Waals surface area contributed by atoms with E-state index in [1.165, 1.54) is 0 Å². The second-order valence-corrected chi connectivity index (χ2v) is 7.83. The molecule has 1 saturated carbocycles. The molecule has 7 heteroatoms. The van der Waals surface area contributed by atoms with Gasteiger partial charge in [-0.2, -0.15) is 0 Å². The van der Waals surface area contributed by atoms with Gasteiger partial charge in [-0.1, -0.05) is 12.1 Å². The zero-order valence-corrected chi connectivity index (χ0v) is 16.8. The lowest BCUT2D eigenvalue weighted by Crippen LogP contribution is -2.30. The lowest BCUT2D eigenvalue weighted by molar-refractivity contribution is 0.0792. The molecule has 4 amide bonds. The lowest BCUT2D eigenvalue weighted by atomic mass is 10.1. The molecule has 156 valence electrons. The van der Waals surface area contributed by atoms with Crippen molar-refractivity contribution in [1.29, 1.82) is 0 Å². The second kappa shape index (κ2) is 8.98. The first-order chi connectivity index (χ1) is 14.6. The molecule has 2 aliphatic rings. The van der Waals surface area contributed by atoms with E-state index in [4.69, 9.17) is 0 Å². The molecule has 3 N–H and O–H groups in total. The van der Waals surface area contributed by atoms with Crippen molar-refractivity contribution in [1.82, 2.24) is 15.5 Å². The van der Waals surface area contributed by atoms with Crippen LogP contribution in [0.3, 0.4) is 0 Å². The number of urea groups is 1. The Labute approximate surface area is 175 Å². The molecule has 7 nitrogen and oxygen atoms in total. The van der Waals surface area contributed by atoms with E-state index in [1.54, 1.807) is 24.3 Å². The first-order valence-corrected chi connectivity index (χ1v) is 10.4. The number of likely N-dealkylation sites (tertiary alicyclic amines) is 1. The van der Waals surface area contributed by atoms with Gasteiger partial charge in [-0.05, 0) is 67.6 Å². The highest BCUT2D eigenvalue weighted by molar-refractivity contribution is 5.96. The van der Waals surface area contributed by atoms with Crippen molar-refractivity contribution in [2.75, 3.05) is 18.4 Å². The van der Waals surface area contributed by atoms with Gasteiger partial charge in [-0.25, -0.2) is 4.79 Å². The molecule has 30 heavy (non-hydrogen) atoms. The van der Waals surface area contributed by atoms with Crippen molar-refractivity contribution in [2.24, 2.45) is 0 Å². The van der Waals surface area contributed by atoms with Crippen LogP contribution in [0.25, 0.3) is 0 Å². The third-order valence-electron chi connectivity index (χ3n) is 5.34. The van der Waals surface area contributed by atoms with Crippen LogP contribution in [0.5, 0.6) is 0 Å². The first kappa shape index (κ1) is 19.9. The van der Waals surface area contributed by atoms with Crippen molar-refractivity contribution in [3.63, 3.8) is 0 Å². The zero-order valence-electron chi connectivity index (χ0n) is 16.8. The van der Waals surface area contributed by atoms with Gasteiger partial charge in [0.2, 0.25) is 0 Å². The summed E-state index contributed by atoms with van der Waals surface area (Å²) in [5, 5.41) is 8.49. The minimum Gasteiger partial charge on any atom is -0.348 e. The number of anilines is 1. The largest absolute Gasteiger partial charge is 0.348 e. The predicted molar refractivity (Wildman–Crippen MR) is 114 cm³/mol. The van der Waals surface area contributed by atoms with E-state index in [1.807, 2.05) is 29.2 Å². The fourth-order valence-corrected chi connectivity index (χ4v) is 3.49. The zero-order chi connectivity index (χ0) is 20.9. The molecule has 2 aromatic carbocycles. The molecule has 0 aromatic heterocycles. The number of carbonyl (C=O) groups excluding carboxylic acids is 3. The third-order valence-corrected chi connectivity index (χ3v) is 5.34. The molecule has 1 saturated heterocycles. The van der Waals surface area contributed by atoms with Crippen LogP contribution < -0.4 is 16.0 Å². The Morgan fingerprint density at radius 2 is 1.67 bits per heavy atom. The number of hydrogen-bond acceptors (Lipinski definition) is 3. The summed E-state index contributed by atoms with van der Waals surface area (Å²) in [6.07, 6.45) is 4.17. The van der Waals surface area contributed by atoms with E-state index in [0.29, 0.717) is 29.4 Å². The number of nitrogens with one attached hydrogen (secondary N) is 3. The molecule has 0 spiro atoms. The molecular weight excluding hydrogens is 380 g/mol. The van der Waals surface area contributed by atoms with Gasteiger partial charge in [0.15, 0.2) is 0 Å². The Kier molecular flexibility index (Phi) is 5.97. The summed E-state index contributed by atoms with van der Waals surface area (Å²) < 4.78 is 0. The minimum absolute atomic E-state index is 0.0505. The van der Waals surface area contributed by atoms with Crippen LogP contribution in [0, 0.1) is 0 Å². The molecule has 0 radical (unpaired) electrons. The van der Waals surface area contributed by atoms with Gasteiger partial charge in [0.05, 0.1) is 0 Å². The van der Waals surface area contributed by atoms with E-state index >= 15 is 0 Å². The number of rotatable bonds is 6. The van der Waals surface area contributed by atoms with Gasteiger partial charge in [0, 0.05) is 42.5 Å². The maximum atomic E-state index is 12.5. The van der Waals surface area contributed by atoms with Crippen LogP contribution in [0.2, 0.25) is 0 Å². The summed E-state index contributed by atoms with van der Waals surface area (Å²) >= 11 is 0. The number of hydrogen-bond donors (Lipinski definition) is 3. The number of carbonyl (C=O) groups is 3. The normalized spacial score (nSPS) is 15.5. The third kappa shape index (κ3) is 5.17. The maximum Gasteiger partial charge on any atom is 0.319 e. The van der Waals surface area contributed by atoms with Crippen LogP contribution in [0.4, 0.5) is 10.5 Å². The van der Waals surface area contributed by atoms with Crippen molar-refractivity contribution in [3.8, 4) is 0 Å². The van der Waals surface area contributed by atoms with Crippen molar-refractivity contribution < 1.29 is 14.4 Å². The highest BCUT2D eigenvalue weighted by Crippen LogP contribution is 2.19. The SMILES string of the molecule is O=C(Nc1ccc(C(=O)NCc2cccc(C(=O)N3CCCC3)c2)cc1)NC1CC1. The van der Waals surface area contributed by atoms with Crippen LogP contribution in [0.15, 0.2) is 48.5 Å². The van der Waals surface area contributed by atoms with Crippen molar-refractivity contribution >= 4 is 23.5 Å². The van der Waals surface area contributed by atoms with Gasteiger partial charge in [0.1, 0.15) is 0 Å². The topological polar surface area (TPSA) is 90.5 Å². The Bertz CT molecular complexity index is 932. The molecule has 0 bridgehead atoms. The molecule has 2 aromatic rings. The van der Waals surface area contributed by atoms with Gasteiger partial charge >= 0.3 is 6.03 Å². The first-order valence-electron chi connectivity index (χ1n) is 10.4. The van der Waals surface area contributed by atoms with Crippen LogP contribution in [-0.2, 0) is 6.54 Å².